The van der Waals surface area contributed by atoms with Gasteiger partial charge in [0.05, 0.1) is 0 Å². The van der Waals surface area contributed by atoms with E-state index < -0.39 is 26.5 Å². The minimum atomic E-state index is -2.34. The van der Waals surface area contributed by atoms with Crippen LogP contribution in [0.4, 0.5) is 4.79 Å². The molecule has 34 heavy (non-hydrogen) atoms. The van der Waals surface area contributed by atoms with Gasteiger partial charge in [-0.2, -0.15) is 0 Å². The first-order valence-corrected chi connectivity index (χ1v) is 25.2. The fourth-order valence-electron chi connectivity index (χ4n) is 4.77. The van der Waals surface area contributed by atoms with Crippen molar-refractivity contribution in [2.45, 2.75) is 110 Å². The van der Waals surface area contributed by atoms with Gasteiger partial charge >= 0.3 is 215 Å². The number of amides is 1. The molecule has 0 aliphatic carbocycles. The molecule has 1 heterocycles. The van der Waals surface area contributed by atoms with Gasteiger partial charge < -0.3 is 0 Å². The topological polar surface area (TPSA) is 55.8 Å². The normalized spacial score (nSPS) is 17.5. The standard InChI is InChI=1S/C15H24NO4Si.3C4H9.Sn/c1-6-19-14(17)8-7-13-11-20-15(18)16(13)10-9-12(2)21(3,4)5;3*1-3-4-2;/h7-9,13H,2,6,10-11H2,1,3-5H3;3*1,3-4H2,2H3;/b8-7+,12-9+;;;;. The van der Waals surface area contributed by atoms with Crippen LogP contribution in [0.1, 0.15) is 66.2 Å². The number of nitrogens with zero attached hydrogens (tertiary/aromatic N) is 1. The van der Waals surface area contributed by atoms with Crippen molar-refractivity contribution in [2.75, 3.05) is 19.8 Å². The van der Waals surface area contributed by atoms with Gasteiger partial charge in [-0.15, -0.1) is 0 Å². The fourth-order valence-corrected chi connectivity index (χ4v) is 28.9. The van der Waals surface area contributed by atoms with Gasteiger partial charge in [0, 0.05) is 0 Å². The molecule has 1 atom stereocenters. The van der Waals surface area contributed by atoms with Crippen molar-refractivity contribution in [3.05, 3.63) is 23.4 Å². The monoisotopic (exact) mass is 601 g/mol. The van der Waals surface area contributed by atoms with E-state index in [4.69, 9.17) is 9.47 Å². The summed E-state index contributed by atoms with van der Waals surface area (Å²) in [6.07, 6.45) is 13.3. The van der Waals surface area contributed by atoms with Crippen LogP contribution in [0.2, 0.25) is 37.4 Å². The summed E-state index contributed by atoms with van der Waals surface area (Å²) in [5.74, 6) is -0.373. The van der Waals surface area contributed by atoms with Crippen molar-refractivity contribution in [1.29, 1.82) is 0 Å². The van der Waals surface area contributed by atoms with Gasteiger partial charge in [-0.1, -0.05) is 0 Å². The SMILES string of the molecule is CCC[CH2][Sn]([CH2]CCC)([CH2]CCC)[CH2]/C(=C\CN1C(=O)OCC1/C=C/C(=O)OCC)[Si](C)(C)C. The number of ether oxygens (including phenoxy) is 2. The molecule has 1 fully saturated rings. The molecule has 1 amide bonds. The average molecular weight is 601 g/mol. The molecule has 1 unspecified atom stereocenters. The van der Waals surface area contributed by atoms with E-state index >= 15 is 0 Å². The quantitative estimate of drug-likeness (QED) is 0.0982. The molecule has 0 aromatic rings. The first-order valence-electron chi connectivity index (χ1n) is 13.6. The number of cyclic esters (lactones) is 1. The number of rotatable bonds is 17. The van der Waals surface area contributed by atoms with Crippen molar-refractivity contribution in [3.8, 4) is 0 Å². The van der Waals surface area contributed by atoms with Crippen molar-refractivity contribution >= 4 is 38.5 Å². The van der Waals surface area contributed by atoms with Crippen LogP contribution in [0, 0.1) is 0 Å². The van der Waals surface area contributed by atoms with Gasteiger partial charge in [0.2, 0.25) is 0 Å². The van der Waals surface area contributed by atoms with E-state index in [-0.39, 0.29) is 24.7 Å². The van der Waals surface area contributed by atoms with Crippen LogP contribution >= 0.6 is 0 Å². The van der Waals surface area contributed by atoms with E-state index in [1.54, 1.807) is 23.1 Å². The zero-order valence-electron chi connectivity index (χ0n) is 23.1. The summed E-state index contributed by atoms with van der Waals surface area (Å²) in [7, 11) is -1.53. The first-order chi connectivity index (χ1) is 16.1. The molecule has 0 bridgehead atoms. The zero-order valence-corrected chi connectivity index (χ0v) is 26.9. The predicted molar refractivity (Wildman–Crippen MR) is 149 cm³/mol. The number of esters is 1. The summed E-state index contributed by atoms with van der Waals surface area (Å²) in [5.41, 5.74) is 0. The molecule has 0 aromatic heterocycles. The van der Waals surface area contributed by atoms with E-state index in [1.165, 1.54) is 62.3 Å². The van der Waals surface area contributed by atoms with E-state index in [1.807, 2.05) is 0 Å². The minimum absolute atomic E-state index is 0.218. The van der Waals surface area contributed by atoms with Crippen LogP contribution in [0.3, 0.4) is 0 Å². The molecule has 5 nitrogen and oxygen atoms in total. The molecule has 0 N–H and O–H groups in total. The van der Waals surface area contributed by atoms with Crippen LogP contribution in [0.15, 0.2) is 23.4 Å². The van der Waals surface area contributed by atoms with E-state index in [2.05, 4.69) is 46.5 Å². The van der Waals surface area contributed by atoms with Gasteiger partial charge in [-0.3, -0.25) is 0 Å². The van der Waals surface area contributed by atoms with Gasteiger partial charge in [0.15, 0.2) is 0 Å². The van der Waals surface area contributed by atoms with E-state index in [9.17, 15) is 9.59 Å². The van der Waals surface area contributed by atoms with Crippen LogP contribution in [-0.2, 0) is 14.3 Å². The molecule has 1 saturated heterocycles. The molecule has 0 radical (unpaired) electrons. The second-order valence-electron chi connectivity index (χ2n) is 10.9. The Balaban J connectivity index is 3.15. The molecule has 7 heteroatoms. The number of hydrogen-bond acceptors (Lipinski definition) is 4. The van der Waals surface area contributed by atoms with Crippen LogP contribution < -0.4 is 0 Å². The molecule has 1 aliphatic heterocycles. The Morgan fingerprint density at radius 1 is 1.06 bits per heavy atom. The van der Waals surface area contributed by atoms with Gasteiger partial charge in [0.1, 0.15) is 0 Å². The van der Waals surface area contributed by atoms with Gasteiger partial charge in [-0.05, 0) is 0 Å². The fraction of sp³-hybridized carbons (Fsp3) is 0.778. The maximum absolute atomic E-state index is 12.5. The van der Waals surface area contributed by atoms with Crippen molar-refractivity contribution in [1.82, 2.24) is 4.90 Å². The first kappa shape index (κ1) is 31.3. The Kier molecular flexibility index (Phi) is 14.8. The van der Waals surface area contributed by atoms with Gasteiger partial charge in [-0.25, -0.2) is 0 Å². The number of carbonyl (C=O) groups is 2. The average Bonchev–Trinajstić information content (AvgIpc) is 3.14. The molecule has 0 saturated carbocycles. The van der Waals surface area contributed by atoms with Crippen molar-refractivity contribution in [2.24, 2.45) is 0 Å². The third-order valence-corrected chi connectivity index (χ3v) is 25.7. The number of allylic oxidation sites excluding steroid dienone is 1. The van der Waals surface area contributed by atoms with Crippen molar-refractivity contribution in [3.63, 3.8) is 0 Å². The molecular weight excluding hydrogens is 549 g/mol. The molecule has 0 spiro atoms. The van der Waals surface area contributed by atoms with E-state index in [0.29, 0.717) is 13.2 Å². The summed E-state index contributed by atoms with van der Waals surface area (Å²) in [4.78, 5) is 26.0. The molecular formula is C27H51NO4SiSn. The third-order valence-electron chi connectivity index (χ3n) is 7.00. The predicted octanol–water partition coefficient (Wildman–Crippen LogP) is 7.58. The summed E-state index contributed by atoms with van der Waals surface area (Å²) >= 11 is -2.34. The Morgan fingerprint density at radius 2 is 1.62 bits per heavy atom. The van der Waals surface area contributed by atoms with E-state index in [0.717, 1.165) is 0 Å². The van der Waals surface area contributed by atoms with Crippen molar-refractivity contribution < 1.29 is 19.1 Å². The molecule has 0 aromatic carbocycles. The number of carbonyl (C=O) groups excluding carboxylic acids is 2. The number of hydrogen-bond donors (Lipinski definition) is 0. The Bertz CT molecular complexity index is 665. The zero-order chi connectivity index (χ0) is 25.6. The second-order valence-corrected chi connectivity index (χ2v) is 29.9. The summed E-state index contributed by atoms with van der Waals surface area (Å²) in [6, 6.07) is -0.218. The third kappa shape index (κ3) is 10.9. The molecule has 1 rings (SSSR count). The maximum atomic E-state index is 12.5. The van der Waals surface area contributed by atoms with Crippen LogP contribution in [0.25, 0.3) is 0 Å². The Hall–Kier alpha value is -0.764. The Morgan fingerprint density at radius 3 is 2.09 bits per heavy atom. The molecule has 1 aliphatic rings. The number of unbranched alkanes of at least 4 members (excludes halogenated alkanes) is 3. The van der Waals surface area contributed by atoms with Crippen LogP contribution in [-0.4, -0.2) is 69.2 Å². The van der Waals surface area contributed by atoms with Gasteiger partial charge in [0.25, 0.3) is 0 Å². The second kappa shape index (κ2) is 16.1. The van der Waals surface area contributed by atoms with Crippen LogP contribution in [0.5, 0.6) is 0 Å². The Labute approximate surface area is 214 Å². The summed E-state index contributed by atoms with van der Waals surface area (Å²) in [6.45, 7) is 17.3. The summed E-state index contributed by atoms with van der Waals surface area (Å²) in [5, 5.41) is 1.65. The molecule has 196 valence electrons. The summed E-state index contributed by atoms with van der Waals surface area (Å²) < 4.78 is 16.2.